The third kappa shape index (κ3) is 2.65. The Morgan fingerprint density at radius 1 is 1.08 bits per heavy atom. The van der Waals surface area contributed by atoms with E-state index >= 15 is 0 Å². The van der Waals surface area contributed by atoms with Gasteiger partial charge in [0.25, 0.3) is 5.91 Å². The standard InChI is InChI=1S/C20H16N2O3/c1-25-19-11-14(23)5-7-15(19)12-4-6-16-17(10-13-3-2-8-21-13)20(24)22-18(16)9-12/h2-11,21,23H,1H3,(H,22,24)/b17-10-. The summed E-state index contributed by atoms with van der Waals surface area (Å²) in [4.78, 5) is 15.4. The van der Waals surface area contributed by atoms with Crippen LogP contribution in [0.1, 0.15) is 11.3 Å². The Hall–Kier alpha value is -3.47. The number of aromatic hydroxyl groups is 1. The summed E-state index contributed by atoms with van der Waals surface area (Å²) in [6.45, 7) is 0. The minimum atomic E-state index is -0.126. The molecule has 0 saturated heterocycles. The molecule has 2 aromatic carbocycles. The number of phenolic OH excluding ortho intramolecular Hbond substituents is 1. The van der Waals surface area contributed by atoms with Crippen molar-refractivity contribution in [2.45, 2.75) is 0 Å². The van der Waals surface area contributed by atoms with E-state index in [9.17, 15) is 9.90 Å². The number of anilines is 1. The third-order valence-electron chi connectivity index (χ3n) is 4.22. The summed E-state index contributed by atoms with van der Waals surface area (Å²) in [5, 5.41) is 12.5. The molecular formula is C20H16N2O3. The van der Waals surface area contributed by atoms with Gasteiger partial charge in [0.05, 0.1) is 12.7 Å². The molecular weight excluding hydrogens is 316 g/mol. The van der Waals surface area contributed by atoms with E-state index in [4.69, 9.17) is 4.74 Å². The van der Waals surface area contributed by atoms with E-state index in [2.05, 4.69) is 10.3 Å². The van der Waals surface area contributed by atoms with Gasteiger partial charge in [-0.05, 0) is 42.0 Å². The highest BCUT2D eigenvalue weighted by Crippen LogP contribution is 2.39. The molecule has 4 rings (SSSR count). The van der Waals surface area contributed by atoms with Crippen molar-refractivity contribution in [3.63, 3.8) is 0 Å². The molecule has 1 aliphatic rings. The van der Waals surface area contributed by atoms with E-state index in [1.54, 1.807) is 25.3 Å². The van der Waals surface area contributed by atoms with Gasteiger partial charge >= 0.3 is 0 Å². The Balaban J connectivity index is 1.78. The number of nitrogens with one attached hydrogen (secondary N) is 2. The second-order valence-electron chi connectivity index (χ2n) is 5.78. The van der Waals surface area contributed by atoms with Crippen molar-refractivity contribution in [2.75, 3.05) is 12.4 Å². The fraction of sp³-hybridized carbons (Fsp3) is 0.0500. The van der Waals surface area contributed by atoms with Crippen LogP contribution in [0.5, 0.6) is 11.5 Å². The molecule has 2 heterocycles. The first-order chi connectivity index (χ1) is 12.2. The average molecular weight is 332 g/mol. The van der Waals surface area contributed by atoms with Gasteiger partial charge in [0.1, 0.15) is 11.5 Å². The van der Waals surface area contributed by atoms with E-state index in [0.717, 1.165) is 28.1 Å². The molecule has 3 aromatic rings. The molecule has 3 N–H and O–H groups in total. The molecule has 1 aromatic heterocycles. The van der Waals surface area contributed by atoms with Crippen molar-refractivity contribution in [1.29, 1.82) is 0 Å². The van der Waals surface area contributed by atoms with Gasteiger partial charge in [0.15, 0.2) is 0 Å². The number of hydrogen-bond acceptors (Lipinski definition) is 3. The van der Waals surface area contributed by atoms with Crippen LogP contribution in [0.2, 0.25) is 0 Å². The number of aromatic amines is 1. The molecule has 0 bridgehead atoms. The van der Waals surface area contributed by atoms with Crippen LogP contribution in [-0.2, 0) is 4.79 Å². The largest absolute Gasteiger partial charge is 0.508 e. The second-order valence-corrected chi connectivity index (χ2v) is 5.78. The number of carbonyl (C=O) groups is 1. The Morgan fingerprint density at radius 3 is 2.68 bits per heavy atom. The quantitative estimate of drug-likeness (QED) is 0.637. The molecule has 0 radical (unpaired) electrons. The molecule has 0 spiro atoms. The maximum Gasteiger partial charge on any atom is 0.256 e. The Kier molecular flexibility index (Phi) is 3.54. The number of carbonyl (C=O) groups excluding carboxylic acids is 1. The lowest BCUT2D eigenvalue weighted by molar-refractivity contribution is -0.110. The second kappa shape index (κ2) is 5.87. The average Bonchev–Trinajstić information content (AvgIpc) is 3.23. The maximum absolute atomic E-state index is 12.3. The number of H-pyrrole nitrogens is 1. The topological polar surface area (TPSA) is 74.3 Å². The minimum Gasteiger partial charge on any atom is -0.508 e. The third-order valence-corrected chi connectivity index (χ3v) is 4.22. The van der Waals surface area contributed by atoms with E-state index in [0.29, 0.717) is 11.3 Å². The normalized spacial score (nSPS) is 14.4. The van der Waals surface area contributed by atoms with E-state index < -0.39 is 0 Å². The minimum absolute atomic E-state index is 0.126. The van der Waals surface area contributed by atoms with Crippen LogP contribution >= 0.6 is 0 Å². The molecule has 124 valence electrons. The highest BCUT2D eigenvalue weighted by atomic mass is 16.5. The summed E-state index contributed by atoms with van der Waals surface area (Å²) in [5.74, 6) is 0.595. The van der Waals surface area contributed by atoms with E-state index in [1.807, 2.05) is 42.6 Å². The van der Waals surface area contributed by atoms with Gasteiger partial charge < -0.3 is 20.1 Å². The van der Waals surface area contributed by atoms with Gasteiger partial charge in [-0.3, -0.25) is 4.79 Å². The molecule has 1 amide bonds. The van der Waals surface area contributed by atoms with Crippen molar-refractivity contribution in [2.24, 2.45) is 0 Å². The summed E-state index contributed by atoms with van der Waals surface area (Å²) in [5.41, 5.74) is 4.87. The maximum atomic E-state index is 12.3. The molecule has 0 fully saturated rings. The molecule has 0 aliphatic carbocycles. The smallest absolute Gasteiger partial charge is 0.256 e. The SMILES string of the molecule is COc1cc(O)ccc1-c1ccc2c(c1)NC(=O)/C2=C\c1ccc[nH]1. The van der Waals surface area contributed by atoms with Crippen LogP contribution in [0.4, 0.5) is 5.69 Å². The number of benzene rings is 2. The van der Waals surface area contributed by atoms with Crippen molar-refractivity contribution in [3.05, 3.63) is 66.0 Å². The highest BCUT2D eigenvalue weighted by Gasteiger charge is 2.24. The molecule has 0 unspecified atom stereocenters. The molecule has 5 nitrogen and oxygen atoms in total. The molecule has 1 aliphatic heterocycles. The predicted molar refractivity (Wildman–Crippen MR) is 97.4 cm³/mol. The van der Waals surface area contributed by atoms with Crippen molar-refractivity contribution in [3.8, 4) is 22.6 Å². The van der Waals surface area contributed by atoms with Gasteiger partial charge in [-0.15, -0.1) is 0 Å². The highest BCUT2D eigenvalue weighted by molar-refractivity contribution is 6.35. The number of aromatic nitrogens is 1. The first-order valence-electron chi connectivity index (χ1n) is 7.84. The van der Waals surface area contributed by atoms with Crippen LogP contribution in [0.15, 0.2) is 54.7 Å². The number of hydrogen-bond donors (Lipinski definition) is 3. The van der Waals surface area contributed by atoms with Gasteiger partial charge in [0, 0.05) is 34.8 Å². The molecule has 5 heteroatoms. The van der Waals surface area contributed by atoms with Crippen molar-refractivity contribution in [1.82, 2.24) is 4.98 Å². The van der Waals surface area contributed by atoms with Crippen LogP contribution in [-0.4, -0.2) is 23.1 Å². The number of amides is 1. The lowest BCUT2D eigenvalue weighted by Gasteiger charge is -2.10. The van der Waals surface area contributed by atoms with Gasteiger partial charge in [0.2, 0.25) is 0 Å². The van der Waals surface area contributed by atoms with Gasteiger partial charge in [-0.25, -0.2) is 0 Å². The van der Waals surface area contributed by atoms with Crippen LogP contribution in [0.3, 0.4) is 0 Å². The lowest BCUT2D eigenvalue weighted by Crippen LogP contribution is -2.03. The fourth-order valence-corrected chi connectivity index (χ4v) is 3.01. The number of methoxy groups -OCH3 is 1. The van der Waals surface area contributed by atoms with E-state index in [1.165, 1.54) is 0 Å². The summed E-state index contributed by atoms with van der Waals surface area (Å²) >= 11 is 0. The summed E-state index contributed by atoms with van der Waals surface area (Å²) in [6.07, 6.45) is 3.66. The Labute approximate surface area is 144 Å². The van der Waals surface area contributed by atoms with Gasteiger partial charge in [-0.2, -0.15) is 0 Å². The fourth-order valence-electron chi connectivity index (χ4n) is 3.01. The van der Waals surface area contributed by atoms with Crippen molar-refractivity contribution >= 4 is 23.2 Å². The Bertz CT molecular complexity index is 988. The number of phenols is 1. The van der Waals surface area contributed by atoms with Crippen LogP contribution in [0, 0.1) is 0 Å². The number of rotatable bonds is 3. The van der Waals surface area contributed by atoms with E-state index in [-0.39, 0.29) is 11.7 Å². The molecule has 0 saturated carbocycles. The summed E-state index contributed by atoms with van der Waals surface area (Å²) in [6, 6.07) is 14.5. The summed E-state index contributed by atoms with van der Waals surface area (Å²) in [7, 11) is 1.56. The predicted octanol–water partition coefficient (Wildman–Crippen LogP) is 3.89. The molecule has 25 heavy (non-hydrogen) atoms. The monoisotopic (exact) mass is 332 g/mol. The first kappa shape index (κ1) is 15.1. The van der Waals surface area contributed by atoms with Crippen LogP contribution < -0.4 is 10.1 Å². The Morgan fingerprint density at radius 2 is 1.92 bits per heavy atom. The number of ether oxygens (including phenoxy) is 1. The zero-order chi connectivity index (χ0) is 17.4. The first-order valence-corrected chi connectivity index (χ1v) is 7.84. The lowest BCUT2D eigenvalue weighted by atomic mass is 9.99. The van der Waals surface area contributed by atoms with Crippen molar-refractivity contribution < 1.29 is 14.6 Å². The zero-order valence-electron chi connectivity index (χ0n) is 13.5. The molecule has 0 atom stereocenters. The zero-order valence-corrected chi connectivity index (χ0v) is 13.5. The number of fused-ring (bicyclic) bond motifs is 1. The van der Waals surface area contributed by atoms with Crippen LogP contribution in [0.25, 0.3) is 22.8 Å². The van der Waals surface area contributed by atoms with Gasteiger partial charge in [-0.1, -0.05) is 12.1 Å². The summed E-state index contributed by atoms with van der Waals surface area (Å²) < 4.78 is 5.35.